The van der Waals surface area contributed by atoms with Gasteiger partial charge in [-0.3, -0.25) is 0 Å². The summed E-state index contributed by atoms with van der Waals surface area (Å²) in [6.45, 7) is 2.10. The van der Waals surface area contributed by atoms with Crippen LogP contribution in [0.1, 0.15) is 30.9 Å². The van der Waals surface area contributed by atoms with Gasteiger partial charge in [-0.25, -0.2) is 0 Å². The molecule has 2 aliphatic heterocycles. The Bertz CT molecular complexity index is 524. The largest absolute Gasteiger partial charge is 0.493 e. The predicted molar refractivity (Wildman–Crippen MR) is 81.2 cm³/mol. The molecule has 0 saturated carbocycles. The van der Waals surface area contributed by atoms with Gasteiger partial charge in [0.15, 0.2) is 11.5 Å². The van der Waals surface area contributed by atoms with E-state index in [4.69, 9.17) is 19.9 Å². The Morgan fingerprint density at radius 2 is 1.81 bits per heavy atom. The molecule has 0 bridgehead atoms. The lowest BCUT2D eigenvalue weighted by Crippen LogP contribution is -2.50. The fraction of sp³-hybridized carbons (Fsp3) is 0.625. The van der Waals surface area contributed by atoms with Crippen molar-refractivity contribution in [3.8, 4) is 17.2 Å². The van der Waals surface area contributed by atoms with Crippen molar-refractivity contribution in [1.82, 2.24) is 4.90 Å². The van der Waals surface area contributed by atoms with E-state index in [9.17, 15) is 0 Å². The summed E-state index contributed by atoms with van der Waals surface area (Å²) in [5.41, 5.74) is 7.30. The lowest BCUT2D eigenvalue weighted by molar-refractivity contribution is -0.0166. The summed E-state index contributed by atoms with van der Waals surface area (Å²) in [5.74, 6) is 2.24. The van der Waals surface area contributed by atoms with E-state index in [2.05, 4.69) is 11.9 Å². The number of fused-ring (bicyclic) bond motifs is 1. The highest BCUT2D eigenvalue weighted by atomic mass is 16.5. The molecule has 0 amide bonds. The molecule has 1 aromatic rings. The van der Waals surface area contributed by atoms with E-state index in [0.29, 0.717) is 11.5 Å². The number of ether oxygens (including phenoxy) is 3. The van der Waals surface area contributed by atoms with Crippen LogP contribution in [0.3, 0.4) is 0 Å². The first-order valence-electron chi connectivity index (χ1n) is 7.46. The van der Waals surface area contributed by atoms with Crippen molar-refractivity contribution in [1.29, 1.82) is 0 Å². The van der Waals surface area contributed by atoms with Gasteiger partial charge in [0.2, 0.25) is 0 Å². The van der Waals surface area contributed by atoms with Gasteiger partial charge in [-0.05, 0) is 26.0 Å². The van der Waals surface area contributed by atoms with Gasteiger partial charge in [-0.15, -0.1) is 0 Å². The third kappa shape index (κ3) is 2.56. The van der Waals surface area contributed by atoms with Gasteiger partial charge in [-0.2, -0.15) is 0 Å². The van der Waals surface area contributed by atoms with Crippen molar-refractivity contribution in [3.05, 3.63) is 17.7 Å². The van der Waals surface area contributed by atoms with Crippen molar-refractivity contribution in [3.63, 3.8) is 0 Å². The minimum Gasteiger partial charge on any atom is -0.493 e. The van der Waals surface area contributed by atoms with Crippen LogP contribution in [0.15, 0.2) is 12.1 Å². The number of methoxy groups -OCH3 is 2. The summed E-state index contributed by atoms with van der Waals surface area (Å²) in [4.78, 5) is 2.34. The smallest absolute Gasteiger partial charge is 0.164 e. The number of nitrogens with two attached hydrogens (primary N) is 1. The Labute approximate surface area is 126 Å². The van der Waals surface area contributed by atoms with E-state index in [1.165, 1.54) is 0 Å². The molecule has 2 aliphatic rings. The second-order valence-electron chi connectivity index (χ2n) is 6.14. The first kappa shape index (κ1) is 14.5. The average molecular weight is 292 g/mol. The highest BCUT2D eigenvalue weighted by molar-refractivity contribution is 5.53. The normalized spacial score (nSPS) is 24.3. The van der Waals surface area contributed by atoms with Crippen LogP contribution in [0, 0.1) is 0 Å². The Hall–Kier alpha value is -1.46. The molecule has 2 heterocycles. The van der Waals surface area contributed by atoms with E-state index in [1.807, 2.05) is 12.1 Å². The number of likely N-dealkylation sites (tertiary alicyclic amines) is 1. The molecule has 0 aromatic heterocycles. The van der Waals surface area contributed by atoms with Gasteiger partial charge in [0, 0.05) is 37.2 Å². The van der Waals surface area contributed by atoms with Gasteiger partial charge in [0.05, 0.1) is 14.2 Å². The first-order chi connectivity index (χ1) is 10.1. The zero-order valence-electron chi connectivity index (χ0n) is 13.0. The zero-order valence-corrected chi connectivity index (χ0v) is 13.0. The Balaban J connectivity index is 1.94. The van der Waals surface area contributed by atoms with Gasteiger partial charge in [0.1, 0.15) is 11.4 Å². The molecule has 1 atom stereocenters. The third-order valence-corrected chi connectivity index (χ3v) is 4.73. The van der Waals surface area contributed by atoms with Gasteiger partial charge < -0.3 is 24.8 Å². The van der Waals surface area contributed by atoms with Crippen LogP contribution in [-0.2, 0) is 0 Å². The van der Waals surface area contributed by atoms with Gasteiger partial charge in [-0.1, -0.05) is 0 Å². The van der Waals surface area contributed by atoms with E-state index in [-0.39, 0.29) is 11.6 Å². The topological polar surface area (TPSA) is 57.0 Å². The van der Waals surface area contributed by atoms with Crippen LogP contribution in [-0.4, -0.2) is 44.9 Å². The first-order valence-corrected chi connectivity index (χ1v) is 7.46. The Morgan fingerprint density at radius 1 is 1.19 bits per heavy atom. The SMILES string of the molecule is COc1cc2c(cc1OC)C(N)CC1(CCN(C)CC1)O2. The molecule has 1 aromatic carbocycles. The van der Waals surface area contributed by atoms with E-state index in [1.54, 1.807) is 14.2 Å². The molecule has 5 heteroatoms. The van der Waals surface area contributed by atoms with E-state index >= 15 is 0 Å². The summed E-state index contributed by atoms with van der Waals surface area (Å²) in [5, 5.41) is 0. The second kappa shape index (κ2) is 5.39. The van der Waals surface area contributed by atoms with Crippen LogP contribution in [0.5, 0.6) is 17.2 Å². The van der Waals surface area contributed by atoms with Crippen LogP contribution in [0.25, 0.3) is 0 Å². The highest BCUT2D eigenvalue weighted by Gasteiger charge is 2.42. The number of benzene rings is 1. The molecule has 2 N–H and O–H groups in total. The van der Waals surface area contributed by atoms with Gasteiger partial charge >= 0.3 is 0 Å². The zero-order chi connectivity index (χ0) is 15.0. The van der Waals surface area contributed by atoms with Crippen molar-refractivity contribution in [2.24, 2.45) is 5.73 Å². The Morgan fingerprint density at radius 3 is 2.43 bits per heavy atom. The molecule has 3 rings (SSSR count). The standard InChI is InChI=1S/C16H24N2O3/c1-18-6-4-16(5-7-18)10-12(17)11-8-14(19-2)15(20-3)9-13(11)21-16/h8-9,12H,4-7,10,17H2,1-3H3. The number of piperidine rings is 1. The molecule has 0 aliphatic carbocycles. The molecule has 5 nitrogen and oxygen atoms in total. The van der Waals surface area contributed by atoms with Crippen LogP contribution >= 0.6 is 0 Å². The van der Waals surface area contributed by atoms with Crippen LogP contribution in [0.4, 0.5) is 0 Å². The quantitative estimate of drug-likeness (QED) is 0.903. The highest BCUT2D eigenvalue weighted by Crippen LogP contribution is 2.47. The molecule has 1 unspecified atom stereocenters. The van der Waals surface area contributed by atoms with Crippen molar-refractivity contribution in [2.75, 3.05) is 34.4 Å². The van der Waals surface area contributed by atoms with E-state index in [0.717, 1.165) is 43.7 Å². The number of hydrogen-bond donors (Lipinski definition) is 1. The summed E-state index contributed by atoms with van der Waals surface area (Å²) in [6.07, 6.45) is 2.90. The molecule has 21 heavy (non-hydrogen) atoms. The molecular weight excluding hydrogens is 268 g/mol. The summed E-state index contributed by atoms with van der Waals surface area (Å²) < 4.78 is 17.1. The lowest BCUT2D eigenvalue weighted by atomic mass is 9.81. The minimum absolute atomic E-state index is 0.0167. The number of rotatable bonds is 2. The maximum Gasteiger partial charge on any atom is 0.164 e. The van der Waals surface area contributed by atoms with Crippen molar-refractivity contribution >= 4 is 0 Å². The fourth-order valence-corrected chi connectivity index (χ4v) is 3.37. The fourth-order valence-electron chi connectivity index (χ4n) is 3.37. The average Bonchev–Trinajstić information content (AvgIpc) is 2.49. The second-order valence-corrected chi connectivity index (χ2v) is 6.14. The lowest BCUT2D eigenvalue weighted by Gasteiger charge is -2.45. The molecular formula is C16H24N2O3. The minimum atomic E-state index is -0.126. The van der Waals surface area contributed by atoms with Crippen LogP contribution in [0.2, 0.25) is 0 Å². The monoisotopic (exact) mass is 292 g/mol. The van der Waals surface area contributed by atoms with E-state index < -0.39 is 0 Å². The molecule has 1 spiro atoms. The summed E-state index contributed by atoms with van der Waals surface area (Å²) in [7, 11) is 5.42. The Kier molecular flexibility index (Phi) is 3.71. The molecule has 0 radical (unpaired) electrons. The van der Waals surface area contributed by atoms with Crippen LogP contribution < -0.4 is 19.9 Å². The maximum atomic E-state index is 6.41. The number of hydrogen-bond acceptors (Lipinski definition) is 5. The number of nitrogens with zero attached hydrogens (tertiary/aromatic N) is 1. The maximum absolute atomic E-state index is 6.41. The predicted octanol–water partition coefficient (Wildman–Crippen LogP) is 1.95. The third-order valence-electron chi connectivity index (χ3n) is 4.73. The summed E-state index contributed by atoms with van der Waals surface area (Å²) in [6, 6.07) is 3.84. The van der Waals surface area contributed by atoms with Gasteiger partial charge in [0.25, 0.3) is 0 Å². The molecule has 1 fully saturated rings. The van der Waals surface area contributed by atoms with Crippen molar-refractivity contribution in [2.45, 2.75) is 30.9 Å². The molecule has 116 valence electrons. The van der Waals surface area contributed by atoms with Crippen molar-refractivity contribution < 1.29 is 14.2 Å². The summed E-state index contributed by atoms with van der Waals surface area (Å²) >= 11 is 0. The molecule has 1 saturated heterocycles.